The quantitative estimate of drug-likeness (QED) is 0.722. The van der Waals surface area contributed by atoms with Crippen molar-refractivity contribution in [3.63, 3.8) is 0 Å². The minimum absolute atomic E-state index is 0.0505. The summed E-state index contributed by atoms with van der Waals surface area (Å²) in [5.41, 5.74) is 2.71. The lowest BCUT2D eigenvalue weighted by Crippen LogP contribution is -2.59. The third-order valence-electron chi connectivity index (χ3n) is 5.75. The molecule has 1 aliphatic carbocycles. The van der Waals surface area contributed by atoms with Crippen molar-refractivity contribution in [3.05, 3.63) is 35.5 Å². The number of carbonyl (C=O) groups excluding carboxylic acids is 1. The van der Waals surface area contributed by atoms with Crippen molar-refractivity contribution < 1.29 is 19.0 Å². The predicted octanol–water partition coefficient (Wildman–Crippen LogP) is 1.66. The number of carbonyl (C=O) groups is 1. The molecule has 6 atom stereocenters. The van der Waals surface area contributed by atoms with Gasteiger partial charge in [0.1, 0.15) is 24.0 Å². The Bertz CT molecular complexity index is 888. The van der Waals surface area contributed by atoms with E-state index in [1.54, 1.807) is 0 Å². The van der Waals surface area contributed by atoms with Crippen molar-refractivity contribution in [2.24, 2.45) is 0 Å². The number of H-pyrrole nitrogens is 1. The Morgan fingerprint density at radius 2 is 1.83 bits per heavy atom. The molecule has 0 radical (unpaired) electrons. The van der Waals surface area contributed by atoms with Gasteiger partial charge in [0, 0.05) is 16.8 Å². The molecule has 124 valence electrons. The number of rotatable bonds is 0. The second kappa shape index (κ2) is 4.02. The highest BCUT2D eigenvalue weighted by atomic mass is 16.8. The molecular formula is C18H18N2O4. The highest BCUT2D eigenvalue weighted by molar-refractivity contribution is 6.03. The van der Waals surface area contributed by atoms with E-state index in [4.69, 9.17) is 14.2 Å². The first kappa shape index (κ1) is 13.4. The number of amides is 1. The van der Waals surface area contributed by atoms with Crippen LogP contribution in [0.15, 0.2) is 24.3 Å². The van der Waals surface area contributed by atoms with Gasteiger partial charge in [-0.3, -0.25) is 4.79 Å². The zero-order chi connectivity index (χ0) is 16.2. The van der Waals surface area contributed by atoms with Gasteiger partial charge in [0.15, 0.2) is 5.79 Å². The minimum atomic E-state index is -0.647. The molecule has 24 heavy (non-hydrogen) atoms. The maximum atomic E-state index is 12.7. The van der Waals surface area contributed by atoms with Crippen molar-refractivity contribution in [2.75, 3.05) is 0 Å². The molecule has 2 aromatic rings. The van der Waals surface area contributed by atoms with Crippen LogP contribution in [0.5, 0.6) is 0 Å². The summed E-state index contributed by atoms with van der Waals surface area (Å²) in [7, 11) is 0. The van der Waals surface area contributed by atoms with Gasteiger partial charge in [-0.15, -0.1) is 0 Å². The molecule has 1 saturated carbocycles. The average Bonchev–Trinajstić information content (AvgIpc) is 3.12. The fourth-order valence-corrected chi connectivity index (χ4v) is 4.88. The molecule has 3 fully saturated rings. The van der Waals surface area contributed by atoms with Gasteiger partial charge in [0.25, 0.3) is 5.91 Å². The van der Waals surface area contributed by atoms with Crippen LogP contribution in [0.4, 0.5) is 0 Å². The number of hydrogen-bond acceptors (Lipinski definition) is 4. The molecular weight excluding hydrogens is 308 g/mol. The summed E-state index contributed by atoms with van der Waals surface area (Å²) in [6.45, 7) is 3.83. The van der Waals surface area contributed by atoms with E-state index in [1.807, 2.05) is 32.0 Å². The van der Waals surface area contributed by atoms with E-state index in [0.29, 0.717) is 5.69 Å². The fraction of sp³-hybridized carbons (Fsp3) is 0.500. The zero-order valence-electron chi connectivity index (χ0n) is 13.4. The standard InChI is InChI=1S/C18H18N2O4/c1-18(2)23-14-11-10(13-15(22-13)16(14)24-18)9-7-5-3-4-6-8(7)19-12(9)17(21)20-11/h3-6,10-11,13-16,19H,1-2H3,(H,20,21)/t10-,11-,13-,14+,15-,16+/m1/s1. The first-order valence-corrected chi connectivity index (χ1v) is 8.46. The molecule has 6 rings (SSSR count). The summed E-state index contributed by atoms with van der Waals surface area (Å²) in [6.07, 6.45) is -0.167. The number of aromatic nitrogens is 1. The summed E-state index contributed by atoms with van der Waals surface area (Å²) in [5.74, 6) is -0.627. The number of benzene rings is 1. The van der Waals surface area contributed by atoms with Crippen LogP contribution in [0.3, 0.4) is 0 Å². The summed E-state index contributed by atoms with van der Waals surface area (Å²) >= 11 is 0. The van der Waals surface area contributed by atoms with E-state index in [-0.39, 0.29) is 42.3 Å². The lowest BCUT2D eigenvalue weighted by Gasteiger charge is -2.39. The van der Waals surface area contributed by atoms with Crippen molar-refractivity contribution in [3.8, 4) is 0 Å². The van der Waals surface area contributed by atoms with Gasteiger partial charge in [-0.1, -0.05) is 18.2 Å². The lowest BCUT2D eigenvalue weighted by molar-refractivity contribution is -0.149. The summed E-state index contributed by atoms with van der Waals surface area (Å²) < 4.78 is 18.2. The Kier molecular flexibility index (Phi) is 2.24. The van der Waals surface area contributed by atoms with Gasteiger partial charge in [-0.2, -0.15) is 0 Å². The third kappa shape index (κ3) is 1.54. The lowest BCUT2D eigenvalue weighted by atomic mass is 9.74. The molecule has 1 amide bonds. The molecule has 3 aliphatic heterocycles. The zero-order valence-corrected chi connectivity index (χ0v) is 13.4. The van der Waals surface area contributed by atoms with Crippen LogP contribution in [0, 0.1) is 0 Å². The van der Waals surface area contributed by atoms with Crippen molar-refractivity contribution >= 4 is 16.8 Å². The first-order chi connectivity index (χ1) is 11.5. The van der Waals surface area contributed by atoms with Gasteiger partial charge in [-0.25, -0.2) is 0 Å². The monoisotopic (exact) mass is 326 g/mol. The molecule has 0 spiro atoms. The second-order valence-electron chi connectivity index (χ2n) is 7.61. The Morgan fingerprint density at radius 3 is 2.71 bits per heavy atom. The number of fused-ring (bicyclic) bond motifs is 10. The van der Waals surface area contributed by atoms with Crippen LogP contribution in [-0.4, -0.2) is 47.1 Å². The van der Waals surface area contributed by atoms with Gasteiger partial charge in [0.2, 0.25) is 0 Å². The minimum Gasteiger partial charge on any atom is -0.366 e. The molecule has 0 unspecified atom stereocenters. The number of nitrogens with one attached hydrogen (secondary N) is 2. The van der Waals surface area contributed by atoms with E-state index in [0.717, 1.165) is 16.5 Å². The molecule has 6 nitrogen and oxygen atoms in total. The molecule has 1 aromatic carbocycles. The summed E-state index contributed by atoms with van der Waals surface area (Å²) in [4.78, 5) is 16.0. The van der Waals surface area contributed by atoms with Crippen molar-refractivity contribution in [2.45, 2.75) is 56.0 Å². The van der Waals surface area contributed by atoms with Gasteiger partial charge < -0.3 is 24.5 Å². The Labute approximate surface area is 138 Å². The SMILES string of the molecule is CC1(C)O[C@@H]2[C@@H]3O[C@@H]3[C@@H]3c4c([nH]c5ccccc45)C(=O)N[C@H]3[C@@H]2O1. The number of aromatic amines is 1. The Balaban J connectivity index is 1.54. The van der Waals surface area contributed by atoms with E-state index in [1.165, 1.54) is 0 Å². The Morgan fingerprint density at radius 1 is 1.04 bits per heavy atom. The number of epoxide rings is 1. The Hall–Kier alpha value is -1.89. The maximum absolute atomic E-state index is 12.7. The molecule has 2 N–H and O–H groups in total. The van der Waals surface area contributed by atoms with Crippen LogP contribution >= 0.6 is 0 Å². The highest BCUT2D eigenvalue weighted by Crippen LogP contribution is 2.54. The van der Waals surface area contributed by atoms with Crippen molar-refractivity contribution in [1.82, 2.24) is 10.3 Å². The van der Waals surface area contributed by atoms with Crippen LogP contribution in [0.25, 0.3) is 10.9 Å². The highest BCUT2D eigenvalue weighted by Gasteiger charge is 2.68. The molecule has 0 bridgehead atoms. The second-order valence-corrected chi connectivity index (χ2v) is 7.61. The molecule has 2 saturated heterocycles. The third-order valence-corrected chi connectivity index (χ3v) is 5.75. The van der Waals surface area contributed by atoms with Gasteiger partial charge in [0.05, 0.1) is 12.1 Å². The largest absolute Gasteiger partial charge is 0.366 e. The van der Waals surface area contributed by atoms with Crippen LogP contribution in [-0.2, 0) is 14.2 Å². The molecule has 1 aromatic heterocycles. The first-order valence-electron chi connectivity index (χ1n) is 8.46. The number of para-hydroxylation sites is 1. The topological polar surface area (TPSA) is 75.9 Å². The van der Waals surface area contributed by atoms with Gasteiger partial charge >= 0.3 is 0 Å². The van der Waals surface area contributed by atoms with E-state index < -0.39 is 5.79 Å². The molecule has 4 heterocycles. The summed E-state index contributed by atoms with van der Waals surface area (Å²) in [5, 5.41) is 4.25. The van der Waals surface area contributed by atoms with Gasteiger partial charge in [-0.05, 0) is 25.5 Å². The predicted molar refractivity (Wildman–Crippen MR) is 84.8 cm³/mol. The number of hydrogen-bond donors (Lipinski definition) is 2. The smallest absolute Gasteiger partial charge is 0.268 e. The molecule has 6 heteroatoms. The average molecular weight is 326 g/mol. The van der Waals surface area contributed by atoms with E-state index in [9.17, 15) is 4.79 Å². The van der Waals surface area contributed by atoms with Crippen molar-refractivity contribution in [1.29, 1.82) is 0 Å². The fourth-order valence-electron chi connectivity index (χ4n) is 4.88. The van der Waals surface area contributed by atoms with Crippen LogP contribution in [0.2, 0.25) is 0 Å². The van der Waals surface area contributed by atoms with Crippen LogP contribution in [0.1, 0.15) is 35.8 Å². The maximum Gasteiger partial charge on any atom is 0.268 e. The van der Waals surface area contributed by atoms with E-state index in [2.05, 4.69) is 16.4 Å². The van der Waals surface area contributed by atoms with Crippen LogP contribution < -0.4 is 5.32 Å². The number of ether oxygens (including phenoxy) is 3. The molecule has 4 aliphatic rings. The van der Waals surface area contributed by atoms with E-state index >= 15 is 0 Å². The normalized spacial score (nSPS) is 41.2. The summed E-state index contributed by atoms with van der Waals surface area (Å²) in [6, 6.07) is 7.93.